The Kier molecular flexibility index (Phi) is 3.57. The third-order valence-electron chi connectivity index (χ3n) is 3.84. The van der Waals surface area contributed by atoms with Crippen LogP contribution < -0.4 is 4.74 Å². The number of benzene rings is 2. The quantitative estimate of drug-likeness (QED) is 0.801. The molecule has 0 N–H and O–H groups in total. The van der Waals surface area contributed by atoms with Crippen LogP contribution in [0.1, 0.15) is 22.6 Å². The van der Waals surface area contributed by atoms with E-state index in [4.69, 9.17) is 4.74 Å². The van der Waals surface area contributed by atoms with E-state index in [-0.39, 0.29) is 11.7 Å². The van der Waals surface area contributed by atoms with Crippen molar-refractivity contribution in [3.8, 4) is 5.75 Å². The average Bonchev–Trinajstić information content (AvgIpc) is 2.85. The van der Waals surface area contributed by atoms with Gasteiger partial charge in [0.05, 0.1) is 13.0 Å². The molecule has 1 aliphatic carbocycles. The summed E-state index contributed by atoms with van der Waals surface area (Å²) in [6.45, 7) is 0. The van der Waals surface area contributed by atoms with Gasteiger partial charge in [-0.2, -0.15) is 0 Å². The van der Waals surface area contributed by atoms with Gasteiger partial charge in [-0.25, -0.2) is 4.39 Å². The van der Waals surface area contributed by atoms with Gasteiger partial charge in [-0.3, -0.25) is 0 Å². The smallest absolute Gasteiger partial charge is 0.131 e. The highest BCUT2D eigenvalue weighted by Crippen LogP contribution is 2.38. The molecule has 1 aliphatic rings. The van der Waals surface area contributed by atoms with Gasteiger partial charge >= 0.3 is 0 Å². The summed E-state index contributed by atoms with van der Waals surface area (Å²) in [5, 5.41) is 0. The van der Waals surface area contributed by atoms with Crippen molar-refractivity contribution in [2.45, 2.75) is 12.3 Å². The summed E-state index contributed by atoms with van der Waals surface area (Å²) in [5.41, 5.74) is 4.07. The lowest BCUT2D eigenvalue weighted by Crippen LogP contribution is -1.97. The maximum absolute atomic E-state index is 13.0. The molecule has 0 heterocycles. The molecule has 106 valence electrons. The fraction of sp³-hybridized carbons (Fsp3) is 0.167. The summed E-state index contributed by atoms with van der Waals surface area (Å²) in [7, 11) is 1.63. The van der Waals surface area contributed by atoms with Crippen molar-refractivity contribution in [2.75, 3.05) is 7.11 Å². The van der Waals surface area contributed by atoms with Crippen molar-refractivity contribution in [2.24, 2.45) is 0 Å². The van der Waals surface area contributed by atoms with Crippen molar-refractivity contribution in [1.29, 1.82) is 0 Å². The molecule has 0 radical (unpaired) electrons. The molecule has 1 atom stereocenters. The third kappa shape index (κ3) is 2.59. The third-order valence-corrected chi connectivity index (χ3v) is 3.84. The molecular formula is C18H15FO2. The van der Waals surface area contributed by atoms with Crippen LogP contribution in [0.3, 0.4) is 0 Å². The molecule has 0 fully saturated rings. The van der Waals surface area contributed by atoms with Crippen molar-refractivity contribution in [1.82, 2.24) is 0 Å². The fourth-order valence-electron chi connectivity index (χ4n) is 2.77. The maximum Gasteiger partial charge on any atom is 0.131 e. The van der Waals surface area contributed by atoms with E-state index in [0.717, 1.165) is 34.3 Å². The topological polar surface area (TPSA) is 26.3 Å². The van der Waals surface area contributed by atoms with Gasteiger partial charge in [-0.15, -0.1) is 0 Å². The van der Waals surface area contributed by atoms with E-state index >= 15 is 0 Å². The van der Waals surface area contributed by atoms with Gasteiger partial charge < -0.3 is 9.53 Å². The number of aldehydes is 1. The number of ether oxygens (including phenoxy) is 1. The first-order chi connectivity index (χ1) is 10.2. The Morgan fingerprint density at radius 1 is 1.19 bits per heavy atom. The Labute approximate surface area is 122 Å². The maximum atomic E-state index is 13.0. The highest BCUT2D eigenvalue weighted by Gasteiger charge is 2.27. The molecule has 2 nitrogen and oxygen atoms in total. The number of methoxy groups -OCH3 is 1. The number of halogens is 1. The largest absolute Gasteiger partial charge is 0.497 e. The first kappa shape index (κ1) is 13.6. The van der Waals surface area contributed by atoms with E-state index in [0.29, 0.717) is 6.42 Å². The van der Waals surface area contributed by atoms with Crippen LogP contribution in [-0.2, 0) is 11.2 Å². The van der Waals surface area contributed by atoms with Gasteiger partial charge in [0.15, 0.2) is 0 Å². The van der Waals surface area contributed by atoms with E-state index in [1.807, 2.05) is 24.3 Å². The molecule has 0 aromatic heterocycles. The van der Waals surface area contributed by atoms with Gasteiger partial charge in [-0.05, 0) is 47.4 Å². The molecule has 2 aromatic rings. The number of hydrogen-bond donors (Lipinski definition) is 0. The Hall–Kier alpha value is -2.42. The van der Waals surface area contributed by atoms with Crippen molar-refractivity contribution >= 4 is 12.4 Å². The minimum Gasteiger partial charge on any atom is -0.497 e. The number of rotatable bonds is 3. The summed E-state index contributed by atoms with van der Waals surface area (Å²) < 4.78 is 18.2. The standard InChI is InChI=1S/C18H15FO2/c1-21-16-6-7-17-14(10-16)9-13(18(17)11-20)8-12-2-4-15(19)5-3-12/h2-8,10-11,18H,9H2,1H3/b13-8+. The predicted molar refractivity (Wildman–Crippen MR) is 79.9 cm³/mol. The molecule has 0 saturated heterocycles. The average molecular weight is 282 g/mol. The molecule has 3 heteroatoms. The zero-order valence-electron chi connectivity index (χ0n) is 11.7. The van der Waals surface area contributed by atoms with Gasteiger partial charge in [0.1, 0.15) is 17.9 Å². The van der Waals surface area contributed by atoms with E-state index in [9.17, 15) is 9.18 Å². The van der Waals surface area contributed by atoms with Crippen LogP contribution in [0.2, 0.25) is 0 Å². The Balaban J connectivity index is 1.98. The molecule has 0 aliphatic heterocycles. The van der Waals surface area contributed by atoms with Crippen LogP contribution in [0, 0.1) is 5.82 Å². The molecule has 2 aromatic carbocycles. The minimum absolute atomic E-state index is 0.226. The molecule has 0 bridgehead atoms. The summed E-state index contributed by atoms with van der Waals surface area (Å²) in [5.74, 6) is 0.306. The lowest BCUT2D eigenvalue weighted by Gasteiger charge is -2.06. The Morgan fingerprint density at radius 3 is 2.62 bits per heavy atom. The molecule has 21 heavy (non-hydrogen) atoms. The first-order valence-electron chi connectivity index (χ1n) is 6.79. The van der Waals surface area contributed by atoms with Gasteiger partial charge in [-0.1, -0.05) is 29.8 Å². The van der Waals surface area contributed by atoms with Crippen LogP contribution >= 0.6 is 0 Å². The summed E-state index contributed by atoms with van der Waals surface area (Å²) in [4.78, 5) is 11.4. The monoisotopic (exact) mass is 282 g/mol. The molecular weight excluding hydrogens is 267 g/mol. The molecule has 0 saturated carbocycles. The van der Waals surface area contributed by atoms with Gasteiger partial charge in [0.2, 0.25) is 0 Å². The second kappa shape index (κ2) is 5.52. The highest BCUT2D eigenvalue weighted by atomic mass is 19.1. The van der Waals surface area contributed by atoms with Crippen molar-refractivity contribution in [3.05, 3.63) is 70.5 Å². The number of fused-ring (bicyclic) bond motifs is 1. The number of carbonyl (C=O) groups excluding carboxylic acids is 1. The van der Waals surface area contributed by atoms with E-state index in [2.05, 4.69) is 0 Å². The van der Waals surface area contributed by atoms with Gasteiger partial charge in [0, 0.05) is 0 Å². The van der Waals surface area contributed by atoms with Crippen LogP contribution in [0.5, 0.6) is 5.75 Å². The Bertz CT molecular complexity index is 702. The van der Waals surface area contributed by atoms with Crippen LogP contribution in [-0.4, -0.2) is 13.4 Å². The van der Waals surface area contributed by atoms with E-state index in [1.54, 1.807) is 19.2 Å². The lowest BCUT2D eigenvalue weighted by atomic mass is 9.98. The second-order valence-corrected chi connectivity index (χ2v) is 5.13. The van der Waals surface area contributed by atoms with Crippen molar-refractivity contribution in [3.63, 3.8) is 0 Å². The second-order valence-electron chi connectivity index (χ2n) is 5.13. The minimum atomic E-state index is -0.261. The van der Waals surface area contributed by atoms with E-state index in [1.165, 1.54) is 12.1 Å². The van der Waals surface area contributed by atoms with Gasteiger partial charge in [0.25, 0.3) is 0 Å². The number of hydrogen-bond acceptors (Lipinski definition) is 2. The molecule has 0 spiro atoms. The predicted octanol–water partition coefficient (Wildman–Crippen LogP) is 3.76. The normalized spacial score (nSPS) is 18.6. The SMILES string of the molecule is COc1ccc2c(c1)C/C(=C\c1ccc(F)cc1)C2C=O. The summed E-state index contributed by atoms with van der Waals surface area (Å²) in [6.07, 6.45) is 3.64. The van der Waals surface area contributed by atoms with Crippen LogP contribution in [0.25, 0.3) is 6.08 Å². The fourth-order valence-corrected chi connectivity index (χ4v) is 2.77. The number of allylic oxidation sites excluding steroid dienone is 1. The van der Waals surface area contributed by atoms with Crippen LogP contribution in [0.4, 0.5) is 4.39 Å². The lowest BCUT2D eigenvalue weighted by molar-refractivity contribution is -0.108. The summed E-state index contributed by atoms with van der Waals surface area (Å²) >= 11 is 0. The molecule has 3 rings (SSSR count). The molecule has 1 unspecified atom stereocenters. The van der Waals surface area contributed by atoms with E-state index < -0.39 is 0 Å². The van der Waals surface area contributed by atoms with Crippen LogP contribution in [0.15, 0.2) is 48.0 Å². The number of carbonyl (C=O) groups is 1. The first-order valence-corrected chi connectivity index (χ1v) is 6.79. The summed E-state index contributed by atoms with van der Waals surface area (Å²) in [6, 6.07) is 12.1. The Morgan fingerprint density at radius 2 is 1.95 bits per heavy atom. The zero-order valence-corrected chi connectivity index (χ0v) is 11.7. The zero-order chi connectivity index (χ0) is 14.8. The highest BCUT2D eigenvalue weighted by molar-refractivity contribution is 5.76. The molecule has 0 amide bonds. The van der Waals surface area contributed by atoms with Crippen molar-refractivity contribution < 1.29 is 13.9 Å².